The average Bonchev–Trinajstić information content (AvgIpc) is 3.00. The van der Waals surface area contributed by atoms with E-state index in [0.717, 1.165) is 5.56 Å². The first-order valence-electron chi connectivity index (χ1n) is 10.1. The van der Waals surface area contributed by atoms with Gasteiger partial charge >= 0.3 is 6.03 Å². The summed E-state index contributed by atoms with van der Waals surface area (Å²) in [5, 5.41) is 3.17. The number of thiol groups is 1. The van der Waals surface area contributed by atoms with Crippen LogP contribution in [-0.2, 0) is 16.6 Å². The SMILES string of the molecule is C=C(C[C@@H](NC)C(CS)N1CCN(Cc2ccccc2)C1=O)S(=O)(=O)NC(C)(C)C. The van der Waals surface area contributed by atoms with E-state index in [2.05, 4.69) is 29.2 Å². The van der Waals surface area contributed by atoms with Crippen molar-refractivity contribution in [2.24, 2.45) is 0 Å². The molecule has 2 N–H and O–H groups in total. The van der Waals surface area contributed by atoms with Gasteiger partial charge in [0.15, 0.2) is 0 Å². The largest absolute Gasteiger partial charge is 0.320 e. The van der Waals surface area contributed by atoms with Crippen LogP contribution in [0.15, 0.2) is 41.8 Å². The third-order valence-electron chi connectivity index (χ3n) is 5.03. The van der Waals surface area contributed by atoms with Gasteiger partial charge in [0.2, 0.25) is 10.0 Å². The van der Waals surface area contributed by atoms with Crippen molar-refractivity contribution in [2.45, 2.75) is 51.4 Å². The van der Waals surface area contributed by atoms with E-state index in [0.29, 0.717) is 25.4 Å². The molecule has 2 rings (SSSR count). The Balaban J connectivity index is 2.09. The Bertz CT molecular complexity index is 838. The number of nitrogens with zero attached hydrogens (tertiary/aromatic N) is 2. The van der Waals surface area contributed by atoms with E-state index in [4.69, 9.17) is 0 Å². The molecule has 1 fully saturated rings. The second kappa shape index (κ2) is 10.2. The van der Waals surface area contributed by atoms with Crippen LogP contribution in [0.2, 0.25) is 0 Å². The lowest BCUT2D eigenvalue weighted by atomic mass is 10.1. The first-order chi connectivity index (χ1) is 14.0. The minimum atomic E-state index is -3.68. The molecule has 9 heteroatoms. The van der Waals surface area contributed by atoms with E-state index in [1.807, 2.05) is 35.2 Å². The number of hydrogen-bond acceptors (Lipinski definition) is 5. The first-order valence-corrected chi connectivity index (χ1v) is 12.2. The molecule has 2 atom stereocenters. The van der Waals surface area contributed by atoms with Crippen molar-refractivity contribution in [1.82, 2.24) is 19.8 Å². The molecule has 0 saturated carbocycles. The van der Waals surface area contributed by atoms with Crippen LogP contribution in [0.3, 0.4) is 0 Å². The highest BCUT2D eigenvalue weighted by Crippen LogP contribution is 2.23. The summed E-state index contributed by atoms with van der Waals surface area (Å²) in [7, 11) is -1.91. The monoisotopic (exact) mass is 454 g/mol. The summed E-state index contributed by atoms with van der Waals surface area (Å²) in [5.41, 5.74) is 0.482. The van der Waals surface area contributed by atoms with Gasteiger partial charge in [-0.25, -0.2) is 17.9 Å². The van der Waals surface area contributed by atoms with Gasteiger partial charge in [-0.1, -0.05) is 36.9 Å². The Morgan fingerprint density at radius 3 is 2.40 bits per heavy atom. The molecule has 7 nitrogen and oxygen atoms in total. The van der Waals surface area contributed by atoms with Crippen molar-refractivity contribution >= 4 is 28.7 Å². The first kappa shape index (κ1) is 24.7. The van der Waals surface area contributed by atoms with Crippen molar-refractivity contribution in [2.75, 3.05) is 25.9 Å². The predicted octanol–water partition coefficient (Wildman–Crippen LogP) is 2.43. The zero-order valence-electron chi connectivity index (χ0n) is 18.3. The Labute approximate surface area is 186 Å². The summed E-state index contributed by atoms with van der Waals surface area (Å²) >= 11 is 4.47. The summed E-state index contributed by atoms with van der Waals surface area (Å²) < 4.78 is 27.8. The van der Waals surface area contributed by atoms with E-state index in [9.17, 15) is 13.2 Å². The van der Waals surface area contributed by atoms with E-state index in [-0.39, 0.29) is 29.4 Å². The van der Waals surface area contributed by atoms with Crippen LogP contribution in [0.4, 0.5) is 4.79 Å². The highest BCUT2D eigenvalue weighted by molar-refractivity contribution is 7.93. The molecule has 2 amide bonds. The molecule has 0 bridgehead atoms. The normalized spacial score (nSPS) is 17.3. The molecule has 1 aromatic carbocycles. The number of rotatable bonds is 10. The highest BCUT2D eigenvalue weighted by atomic mass is 32.2. The Morgan fingerprint density at radius 2 is 1.87 bits per heavy atom. The number of amides is 2. The maximum absolute atomic E-state index is 13.0. The zero-order valence-corrected chi connectivity index (χ0v) is 20.0. The fraction of sp³-hybridized carbons (Fsp3) is 0.571. The molecule has 1 aliphatic heterocycles. The molecule has 1 unspecified atom stereocenters. The fourth-order valence-electron chi connectivity index (χ4n) is 3.56. The number of sulfonamides is 1. The minimum Gasteiger partial charge on any atom is -0.319 e. The average molecular weight is 455 g/mol. The number of likely N-dealkylation sites (N-methyl/N-ethyl adjacent to an activating group) is 1. The lowest BCUT2D eigenvalue weighted by molar-refractivity contribution is 0.169. The van der Waals surface area contributed by atoms with Crippen LogP contribution in [0.1, 0.15) is 32.8 Å². The lowest BCUT2D eigenvalue weighted by Gasteiger charge is -2.34. The lowest BCUT2D eigenvalue weighted by Crippen LogP contribution is -2.52. The fourth-order valence-corrected chi connectivity index (χ4v) is 5.36. The summed E-state index contributed by atoms with van der Waals surface area (Å²) in [5.74, 6) is 0.413. The number of carbonyl (C=O) groups excluding carboxylic acids is 1. The van der Waals surface area contributed by atoms with Gasteiger partial charge in [-0.05, 0) is 33.4 Å². The van der Waals surface area contributed by atoms with Crippen molar-refractivity contribution in [1.29, 1.82) is 0 Å². The van der Waals surface area contributed by atoms with E-state index < -0.39 is 15.6 Å². The van der Waals surface area contributed by atoms with Gasteiger partial charge in [-0.15, -0.1) is 0 Å². The third-order valence-corrected chi connectivity index (χ3v) is 7.22. The molecular weight excluding hydrogens is 420 g/mol. The van der Waals surface area contributed by atoms with Crippen LogP contribution in [-0.4, -0.2) is 67.8 Å². The van der Waals surface area contributed by atoms with E-state index in [1.54, 1.807) is 32.7 Å². The van der Waals surface area contributed by atoms with Gasteiger partial charge < -0.3 is 15.1 Å². The third kappa shape index (κ3) is 6.47. The van der Waals surface area contributed by atoms with Gasteiger partial charge in [0.1, 0.15) is 0 Å². The molecule has 0 spiro atoms. The maximum Gasteiger partial charge on any atom is 0.320 e. The van der Waals surface area contributed by atoms with Gasteiger partial charge in [0, 0.05) is 43.4 Å². The summed E-state index contributed by atoms with van der Waals surface area (Å²) in [4.78, 5) is 16.7. The highest BCUT2D eigenvalue weighted by Gasteiger charge is 2.37. The van der Waals surface area contributed by atoms with Crippen LogP contribution >= 0.6 is 12.6 Å². The Kier molecular flexibility index (Phi) is 8.38. The Hall–Kier alpha value is -1.55. The number of carbonyl (C=O) groups is 1. The molecule has 1 aromatic rings. The molecule has 0 aliphatic carbocycles. The molecule has 0 radical (unpaired) electrons. The second-order valence-corrected chi connectivity index (χ2v) is 10.8. The maximum atomic E-state index is 13.0. The molecule has 0 aromatic heterocycles. The molecule has 30 heavy (non-hydrogen) atoms. The molecule has 1 saturated heterocycles. The molecule has 168 valence electrons. The van der Waals surface area contributed by atoms with E-state index >= 15 is 0 Å². The standard InChI is InChI=1S/C21H34N4O3S2/c1-16(30(27,28)23-21(2,3)4)13-18(22-5)19(15-29)25-12-11-24(20(25)26)14-17-9-7-6-8-10-17/h6-10,18-19,22-23,29H,1,11-15H2,2-5H3/t18-,19?/m1/s1. The number of nitrogens with one attached hydrogen (secondary N) is 2. The minimum absolute atomic E-state index is 0.0561. The quantitative estimate of drug-likeness (QED) is 0.474. The topological polar surface area (TPSA) is 81.8 Å². The van der Waals surface area contributed by atoms with Crippen molar-refractivity contribution in [3.63, 3.8) is 0 Å². The van der Waals surface area contributed by atoms with Gasteiger partial charge in [0.25, 0.3) is 0 Å². The number of benzene rings is 1. The summed E-state index contributed by atoms with van der Waals surface area (Å²) in [6.07, 6.45) is 0.190. The van der Waals surface area contributed by atoms with Crippen molar-refractivity contribution in [3.05, 3.63) is 47.4 Å². The zero-order chi connectivity index (χ0) is 22.5. The smallest absolute Gasteiger partial charge is 0.319 e. The predicted molar refractivity (Wildman–Crippen MR) is 125 cm³/mol. The molecule has 1 aliphatic rings. The van der Waals surface area contributed by atoms with Crippen LogP contribution in [0.25, 0.3) is 0 Å². The number of urea groups is 1. The summed E-state index contributed by atoms with van der Waals surface area (Å²) in [6.45, 7) is 10.9. The van der Waals surface area contributed by atoms with Crippen molar-refractivity contribution < 1.29 is 13.2 Å². The number of hydrogen-bond donors (Lipinski definition) is 3. The van der Waals surface area contributed by atoms with Crippen LogP contribution in [0.5, 0.6) is 0 Å². The van der Waals surface area contributed by atoms with Gasteiger partial charge in [0.05, 0.1) is 10.9 Å². The van der Waals surface area contributed by atoms with E-state index in [1.165, 1.54) is 0 Å². The van der Waals surface area contributed by atoms with Gasteiger partial charge in [-0.3, -0.25) is 0 Å². The van der Waals surface area contributed by atoms with Gasteiger partial charge in [-0.2, -0.15) is 12.6 Å². The Morgan fingerprint density at radius 1 is 1.23 bits per heavy atom. The molecular formula is C21H34N4O3S2. The van der Waals surface area contributed by atoms with Crippen LogP contribution < -0.4 is 10.0 Å². The second-order valence-electron chi connectivity index (χ2n) is 8.63. The van der Waals surface area contributed by atoms with Crippen molar-refractivity contribution in [3.8, 4) is 0 Å². The molecule has 1 heterocycles. The van der Waals surface area contributed by atoms with Crippen LogP contribution in [0, 0.1) is 0 Å². The summed E-state index contributed by atoms with van der Waals surface area (Å²) in [6, 6.07) is 9.27.